The molecule has 0 aromatic heterocycles. The van der Waals surface area contributed by atoms with E-state index in [9.17, 15) is 14.0 Å². The van der Waals surface area contributed by atoms with Gasteiger partial charge in [0.2, 0.25) is 11.1 Å². The van der Waals surface area contributed by atoms with Crippen LogP contribution in [0, 0.1) is 11.2 Å². The van der Waals surface area contributed by atoms with E-state index in [4.69, 9.17) is 10.1 Å². The van der Waals surface area contributed by atoms with Crippen LogP contribution in [0.1, 0.15) is 36.8 Å². The van der Waals surface area contributed by atoms with Crippen molar-refractivity contribution in [2.45, 2.75) is 32.3 Å². The molecule has 3 aliphatic rings. The number of ether oxygens (including phenoxy) is 1. The Labute approximate surface area is 212 Å². The van der Waals surface area contributed by atoms with Crippen LogP contribution < -0.4 is 4.74 Å². The van der Waals surface area contributed by atoms with Crippen molar-refractivity contribution in [2.24, 2.45) is 10.1 Å². The number of likely N-dealkylation sites (tertiary alicyclic amines) is 1. The van der Waals surface area contributed by atoms with Crippen LogP contribution in [-0.4, -0.2) is 50.9 Å². The molecule has 2 amide bonds. The maximum absolute atomic E-state index is 13.8. The molecular formula is C26H24FN5O3S. The Morgan fingerprint density at radius 3 is 2.61 bits per heavy atom. The number of nitrogens with zero attached hydrogens (tertiary/aromatic N) is 4. The van der Waals surface area contributed by atoms with E-state index in [1.54, 1.807) is 48.5 Å². The quantitative estimate of drug-likeness (QED) is 0.586. The Bertz CT molecular complexity index is 1300. The summed E-state index contributed by atoms with van der Waals surface area (Å²) in [5, 5.41) is 15.0. The second kappa shape index (κ2) is 10.4. The molecule has 184 valence electrons. The van der Waals surface area contributed by atoms with Gasteiger partial charge in [0.1, 0.15) is 23.2 Å². The van der Waals surface area contributed by atoms with E-state index in [1.807, 2.05) is 4.90 Å². The third kappa shape index (κ3) is 5.23. The summed E-state index contributed by atoms with van der Waals surface area (Å²) in [6.45, 7) is 1.62. The topological polar surface area (TPSA) is 98.4 Å². The number of aliphatic imine (C=N–C) groups is 1. The number of fused-ring (bicyclic) bond motifs is 1. The van der Waals surface area contributed by atoms with Crippen LogP contribution in [0.25, 0.3) is 6.08 Å². The third-order valence-electron chi connectivity index (χ3n) is 6.05. The lowest BCUT2D eigenvalue weighted by Crippen LogP contribution is -2.36. The van der Waals surface area contributed by atoms with E-state index >= 15 is 0 Å². The number of benzene rings is 2. The summed E-state index contributed by atoms with van der Waals surface area (Å²) in [5.74, 6) is -0.383. The molecule has 0 saturated carbocycles. The average molecular weight is 506 g/mol. The molecule has 10 heteroatoms. The van der Waals surface area contributed by atoms with Crippen LogP contribution in [0.3, 0.4) is 0 Å². The minimum Gasteiger partial charge on any atom is -0.489 e. The number of carbonyl (C=O) groups excluding carboxylic acids is 2. The maximum Gasteiger partial charge on any atom is 0.283 e. The molecule has 2 aromatic carbocycles. The zero-order valence-corrected chi connectivity index (χ0v) is 20.3. The first-order chi connectivity index (χ1) is 17.5. The fourth-order valence-electron chi connectivity index (χ4n) is 4.09. The molecule has 3 heterocycles. The number of halogens is 1. The Morgan fingerprint density at radius 1 is 1.11 bits per heavy atom. The average Bonchev–Trinajstić information content (AvgIpc) is 3.29. The van der Waals surface area contributed by atoms with Gasteiger partial charge < -0.3 is 9.64 Å². The summed E-state index contributed by atoms with van der Waals surface area (Å²) in [6.07, 6.45) is 4.87. The van der Waals surface area contributed by atoms with Crippen molar-refractivity contribution < 1.29 is 18.7 Å². The number of hydrogen-bond acceptors (Lipinski definition) is 6. The molecule has 8 nitrogen and oxygen atoms in total. The van der Waals surface area contributed by atoms with Gasteiger partial charge in [-0.2, -0.15) is 15.1 Å². The lowest BCUT2D eigenvalue weighted by atomic mass is 10.1. The summed E-state index contributed by atoms with van der Waals surface area (Å²) in [4.78, 5) is 31.2. The summed E-state index contributed by atoms with van der Waals surface area (Å²) in [6, 6.07) is 13.3. The van der Waals surface area contributed by atoms with Crippen molar-refractivity contribution in [3.05, 3.63) is 71.0 Å². The van der Waals surface area contributed by atoms with Gasteiger partial charge in [0.25, 0.3) is 5.91 Å². The van der Waals surface area contributed by atoms with Gasteiger partial charge in [-0.05, 0) is 60.9 Å². The molecule has 1 fully saturated rings. The second-order valence-corrected chi connectivity index (χ2v) is 9.62. The van der Waals surface area contributed by atoms with Gasteiger partial charge in [0.15, 0.2) is 5.84 Å². The molecular weight excluding hydrogens is 481 g/mol. The van der Waals surface area contributed by atoms with Crippen molar-refractivity contribution in [1.82, 2.24) is 9.91 Å². The zero-order valence-electron chi connectivity index (χ0n) is 19.4. The number of nitrogens with one attached hydrogen (secondary N) is 1. The third-order valence-corrected chi connectivity index (χ3v) is 6.96. The lowest BCUT2D eigenvalue weighted by molar-refractivity contribution is -0.130. The lowest BCUT2D eigenvalue weighted by Gasteiger charge is -2.26. The van der Waals surface area contributed by atoms with E-state index in [-0.39, 0.29) is 36.2 Å². The molecule has 0 aliphatic carbocycles. The van der Waals surface area contributed by atoms with Crippen LogP contribution in [-0.2, 0) is 16.2 Å². The molecule has 1 saturated heterocycles. The number of hydrogen-bond donors (Lipinski definition) is 1. The number of rotatable bonds is 6. The summed E-state index contributed by atoms with van der Waals surface area (Å²) < 4.78 is 19.4. The molecule has 2 aromatic rings. The Hall–Kier alpha value is -3.79. The number of amidine groups is 2. The number of hydrazone groups is 1. The molecule has 0 spiro atoms. The number of amides is 2. The molecule has 0 atom stereocenters. The van der Waals surface area contributed by atoms with Gasteiger partial charge in [-0.3, -0.25) is 15.0 Å². The van der Waals surface area contributed by atoms with E-state index in [1.165, 1.54) is 11.1 Å². The first-order valence-electron chi connectivity index (χ1n) is 11.7. The van der Waals surface area contributed by atoms with Gasteiger partial charge in [-0.1, -0.05) is 30.3 Å². The molecule has 0 radical (unpaired) electrons. The zero-order chi connectivity index (χ0) is 25.1. The number of piperidine rings is 1. The molecule has 0 unspecified atom stereocenters. The van der Waals surface area contributed by atoms with Gasteiger partial charge in [-0.15, -0.1) is 0 Å². The highest BCUT2D eigenvalue weighted by molar-refractivity contribution is 8.27. The van der Waals surface area contributed by atoms with Crippen LogP contribution in [0.2, 0.25) is 0 Å². The van der Waals surface area contributed by atoms with Crippen molar-refractivity contribution in [3.8, 4) is 5.75 Å². The predicted molar refractivity (Wildman–Crippen MR) is 137 cm³/mol. The maximum atomic E-state index is 13.8. The van der Waals surface area contributed by atoms with Crippen LogP contribution in [0.15, 0.2) is 64.2 Å². The summed E-state index contributed by atoms with van der Waals surface area (Å²) >= 11 is 1.16. The Kier molecular flexibility index (Phi) is 6.95. The van der Waals surface area contributed by atoms with Gasteiger partial charge in [0, 0.05) is 18.7 Å². The minimum atomic E-state index is -0.530. The van der Waals surface area contributed by atoms with Gasteiger partial charge in [-0.25, -0.2) is 4.39 Å². The summed E-state index contributed by atoms with van der Waals surface area (Å²) in [7, 11) is 0. The first kappa shape index (κ1) is 23.9. The van der Waals surface area contributed by atoms with Gasteiger partial charge >= 0.3 is 0 Å². The highest BCUT2D eigenvalue weighted by Crippen LogP contribution is 2.30. The van der Waals surface area contributed by atoms with Crippen molar-refractivity contribution in [2.75, 3.05) is 13.1 Å². The largest absolute Gasteiger partial charge is 0.489 e. The Morgan fingerprint density at radius 2 is 1.86 bits per heavy atom. The van der Waals surface area contributed by atoms with Gasteiger partial charge in [0.05, 0.1) is 12.0 Å². The molecule has 36 heavy (non-hydrogen) atoms. The number of thioether (sulfide) groups is 1. The van der Waals surface area contributed by atoms with Crippen molar-refractivity contribution in [3.63, 3.8) is 0 Å². The monoisotopic (exact) mass is 505 g/mol. The highest BCUT2D eigenvalue weighted by atomic mass is 32.2. The molecule has 1 N–H and O–H groups in total. The van der Waals surface area contributed by atoms with E-state index in [0.717, 1.165) is 44.1 Å². The highest BCUT2D eigenvalue weighted by Gasteiger charge is 2.36. The minimum absolute atomic E-state index is 0.00679. The van der Waals surface area contributed by atoms with Crippen molar-refractivity contribution in [1.29, 1.82) is 5.41 Å². The molecule has 5 rings (SSSR count). The van der Waals surface area contributed by atoms with E-state index < -0.39 is 5.91 Å². The Balaban J connectivity index is 1.25. The van der Waals surface area contributed by atoms with E-state index in [0.29, 0.717) is 27.1 Å². The van der Waals surface area contributed by atoms with Crippen LogP contribution in [0.5, 0.6) is 5.75 Å². The van der Waals surface area contributed by atoms with Crippen LogP contribution in [0.4, 0.5) is 4.39 Å². The second-order valence-electron chi connectivity index (χ2n) is 8.58. The SMILES string of the molecule is N=C1/C(=C/c2ccc(OCc3ccccc3F)cc2)C(=O)N=C2SC(CC(=O)N3CCCCC3)=NN12. The fourth-order valence-corrected chi connectivity index (χ4v) is 4.97. The predicted octanol–water partition coefficient (Wildman–Crippen LogP) is 4.43. The first-order valence-corrected chi connectivity index (χ1v) is 12.5. The van der Waals surface area contributed by atoms with Crippen LogP contribution >= 0.6 is 11.8 Å². The van der Waals surface area contributed by atoms with Crippen molar-refractivity contribution >= 4 is 45.7 Å². The molecule has 3 aliphatic heterocycles. The fraction of sp³-hybridized carbons (Fsp3) is 0.269. The summed E-state index contributed by atoms with van der Waals surface area (Å²) in [5.41, 5.74) is 1.24. The normalized spacial score (nSPS) is 18.8. The number of carbonyl (C=O) groups is 2. The standard InChI is InChI=1S/C26H24FN5O3S/c27-21-7-3-2-6-18(21)16-35-19-10-8-17(9-11-19)14-20-24(28)32-26(29-25(20)34)36-22(30-32)15-23(33)31-12-4-1-5-13-31/h2-3,6-11,14,28H,1,4-5,12-13,15-16H2/b20-14-,28-24?. The molecule has 0 bridgehead atoms. The smallest absolute Gasteiger partial charge is 0.283 e. The van der Waals surface area contributed by atoms with E-state index in [2.05, 4.69) is 10.1 Å².